The van der Waals surface area contributed by atoms with Crippen molar-refractivity contribution in [1.82, 2.24) is 0 Å². The largest absolute Gasteiger partial charge is 0.454 e. The van der Waals surface area contributed by atoms with Crippen LogP contribution in [0.15, 0.2) is 0 Å². The first-order valence-electron chi connectivity index (χ1n) is 3.83. The minimum atomic E-state index is -5.89. The van der Waals surface area contributed by atoms with E-state index in [-0.39, 0.29) is 6.42 Å². The number of rotatable bonds is 5. The molecule has 0 aromatic carbocycles. The molecule has 0 unspecified atom stereocenters. The van der Waals surface area contributed by atoms with Gasteiger partial charge in [-0.15, -0.1) is 0 Å². The van der Waals surface area contributed by atoms with Crippen LogP contribution in [0.4, 0.5) is 22.0 Å². The van der Waals surface area contributed by atoms with Crippen LogP contribution in [0.3, 0.4) is 0 Å². The maximum absolute atomic E-state index is 12.3. The number of hydrogen-bond acceptors (Lipinski definition) is 3. The summed E-state index contributed by atoms with van der Waals surface area (Å²) in [4.78, 5) is 0. The molecule has 0 aliphatic carbocycles. The Morgan fingerprint density at radius 1 is 1.13 bits per heavy atom. The average molecular weight is 256 g/mol. The molecule has 0 atom stereocenters. The third-order valence-electron chi connectivity index (χ3n) is 1.24. The standard InChI is InChI=1S/C6H9F5O3S/c1-2-3-14-15(12,13)4-5(7,8)6(9,10)11/h2-4H2,1H3. The van der Waals surface area contributed by atoms with Crippen molar-refractivity contribution in [3.8, 4) is 0 Å². The van der Waals surface area contributed by atoms with Crippen LogP contribution in [0, 0.1) is 0 Å². The van der Waals surface area contributed by atoms with Gasteiger partial charge in [0.15, 0.2) is 0 Å². The molecule has 15 heavy (non-hydrogen) atoms. The SMILES string of the molecule is CCCOS(=O)(=O)CC(F)(F)C(F)(F)F. The van der Waals surface area contributed by atoms with Crippen molar-refractivity contribution < 1.29 is 34.6 Å². The highest BCUT2D eigenvalue weighted by molar-refractivity contribution is 7.86. The van der Waals surface area contributed by atoms with Gasteiger partial charge in [0.2, 0.25) is 0 Å². The first-order chi connectivity index (χ1) is 6.52. The predicted molar refractivity (Wildman–Crippen MR) is 41.0 cm³/mol. The summed E-state index contributed by atoms with van der Waals surface area (Å²) in [7, 11) is -4.85. The van der Waals surface area contributed by atoms with E-state index in [0.29, 0.717) is 0 Å². The van der Waals surface area contributed by atoms with Gasteiger partial charge >= 0.3 is 12.1 Å². The van der Waals surface area contributed by atoms with Crippen LogP contribution >= 0.6 is 0 Å². The molecule has 0 aliphatic heterocycles. The summed E-state index contributed by atoms with van der Waals surface area (Å²) < 4.78 is 84.6. The molecule has 0 rings (SSSR count). The zero-order chi connectivity index (χ0) is 12.3. The van der Waals surface area contributed by atoms with E-state index in [9.17, 15) is 30.4 Å². The van der Waals surface area contributed by atoms with E-state index in [1.807, 2.05) is 0 Å². The smallest absolute Gasteiger partial charge is 0.270 e. The molecule has 0 heterocycles. The molecule has 0 aromatic heterocycles. The summed E-state index contributed by atoms with van der Waals surface area (Å²) in [5.41, 5.74) is 0. The second-order valence-corrected chi connectivity index (χ2v) is 4.37. The quantitative estimate of drug-likeness (QED) is 0.557. The van der Waals surface area contributed by atoms with Gasteiger partial charge in [-0.25, -0.2) is 0 Å². The second-order valence-electron chi connectivity index (χ2n) is 2.73. The summed E-state index contributed by atoms with van der Waals surface area (Å²) >= 11 is 0. The van der Waals surface area contributed by atoms with E-state index >= 15 is 0 Å². The molecule has 0 saturated heterocycles. The second kappa shape index (κ2) is 4.60. The fourth-order valence-electron chi connectivity index (χ4n) is 0.556. The third kappa shape index (κ3) is 4.74. The van der Waals surface area contributed by atoms with Gasteiger partial charge in [-0.1, -0.05) is 6.92 Å². The Kier molecular flexibility index (Phi) is 4.47. The van der Waals surface area contributed by atoms with Gasteiger partial charge in [0, 0.05) is 0 Å². The highest BCUT2D eigenvalue weighted by Gasteiger charge is 2.59. The molecule has 0 spiro atoms. The lowest BCUT2D eigenvalue weighted by atomic mass is 10.4. The van der Waals surface area contributed by atoms with E-state index in [1.165, 1.54) is 6.92 Å². The summed E-state index contributed by atoms with van der Waals surface area (Å²) in [6.07, 6.45) is -5.70. The first kappa shape index (κ1) is 14.6. The average Bonchev–Trinajstić information content (AvgIpc) is 1.96. The van der Waals surface area contributed by atoms with E-state index in [1.54, 1.807) is 0 Å². The van der Waals surface area contributed by atoms with Crippen molar-refractivity contribution >= 4 is 10.1 Å². The number of halogens is 5. The van der Waals surface area contributed by atoms with Crippen LogP contribution in [0.25, 0.3) is 0 Å². The lowest BCUT2D eigenvalue weighted by Gasteiger charge is -2.18. The van der Waals surface area contributed by atoms with Crippen molar-refractivity contribution in [3.05, 3.63) is 0 Å². The van der Waals surface area contributed by atoms with Gasteiger partial charge in [0.05, 0.1) is 6.61 Å². The van der Waals surface area contributed by atoms with E-state index in [4.69, 9.17) is 0 Å². The van der Waals surface area contributed by atoms with Crippen LogP contribution in [-0.4, -0.2) is 32.9 Å². The molecule has 0 radical (unpaired) electrons. The van der Waals surface area contributed by atoms with Crippen molar-refractivity contribution in [2.45, 2.75) is 25.4 Å². The van der Waals surface area contributed by atoms with Gasteiger partial charge in [0.1, 0.15) is 5.75 Å². The van der Waals surface area contributed by atoms with Crippen molar-refractivity contribution in [3.63, 3.8) is 0 Å². The molecule has 0 saturated carbocycles. The Bertz CT molecular complexity index is 294. The summed E-state index contributed by atoms with van der Waals surface area (Å²) in [6, 6.07) is 0. The van der Waals surface area contributed by atoms with Crippen molar-refractivity contribution in [2.75, 3.05) is 12.4 Å². The van der Waals surface area contributed by atoms with Gasteiger partial charge in [-0.2, -0.15) is 30.4 Å². The molecule has 0 fully saturated rings. The molecular weight excluding hydrogens is 247 g/mol. The normalized spacial score (nSPS) is 14.3. The summed E-state index contributed by atoms with van der Waals surface area (Å²) in [5.74, 6) is -7.68. The molecule has 9 heteroatoms. The molecule has 0 aliphatic rings. The zero-order valence-corrected chi connectivity index (χ0v) is 8.46. The highest BCUT2D eigenvalue weighted by atomic mass is 32.2. The van der Waals surface area contributed by atoms with Crippen LogP contribution in [0.5, 0.6) is 0 Å². The number of alkyl halides is 5. The maximum atomic E-state index is 12.3. The van der Waals surface area contributed by atoms with Crippen molar-refractivity contribution in [2.24, 2.45) is 0 Å². The van der Waals surface area contributed by atoms with E-state index < -0.39 is 34.6 Å². The lowest BCUT2D eigenvalue weighted by molar-refractivity contribution is -0.271. The zero-order valence-electron chi connectivity index (χ0n) is 7.64. The molecule has 0 amide bonds. The molecule has 0 bridgehead atoms. The molecule has 92 valence electrons. The van der Waals surface area contributed by atoms with Gasteiger partial charge in [-0.3, -0.25) is 4.18 Å². The van der Waals surface area contributed by atoms with E-state index in [0.717, 1.165) is 0 Å². The first-order valence-corrected chi connectivity index (χ1v) is 5.41. The van der Waals surface area contributed by atoms with Crippen LogP contribution in [0.2, 0.25) is 0 Å². The van der Waals surface area contributed by atoms with E-state index in [2.05, 4.69) is 4.18 Å². The van der Waals surface area contributed by atoms with Crippen LogP contribution < -0.4 is 0 Å². The fraction of sp³-hybridized carbons (Fsp3) is 1.00. The topological polar surface area (TPSA) is 43.4 Å². The Hall–Kier alpha value is -0.440. The fourth-order valence-corrected chi connectivity index (χ4v) is 1.67. The Morgan fingerprint density at radius 2 is 1.60 bits per heavy atom. The molecular formula is C6H9F5O3S. The van der Waals surface area contributed by atoms with Crippen LogP contribution in [-0.2, 0) is 14.3 Å². The summed E-state index contributed by atoms with van der Waals surface area (Å²) in [6.45, 7) is 1.06. The van der Waals surface area contributed by atoms with Gasteiger partial charge < -0.3 is 0 Å². The highest BCUT2D eigenvalue weighted by Crippen LogP contribution is 2.36. The number of hydrogen-bond donors (Lipinski definition) is 0. The minimum Gasteiger partial charge on any atom is -0.270 e. The molecule has 0 aromatic rings. The Labute approximate surface area is 83.3 Å². The van der Waals surface area contributed by atoms with Crippen molar-refractivity contribution in [1.29, 1.82) is 0 Å². The Balaban J connectivity index is 4.59. The minimum absolute atomic E-state index is 0.191. The predicted octanol–water partition coefficient (Wildman–Crippen LogP) is 1.94. The van der Waals surface area contributed by atoms with Gasteiger partial charge in [0.25, 0.3) is 10.1 Å². The van der Waals surface area contributed by atoms with Gasteiger partial charge in [-0.05, 0) is 6.42 Å². The van der Waals surface area contributed by atoms with Crippen LogP contribution in [0.1, 0.15) is 13.3 Å². The Morgan fingerprint density at radius 3 is 1.93 bits per heavy atom. The molecule has 0 N–H and O–H groups in total. The monoisotopic (exact) mass is 256 g/mol. The molecule has 3 nitrogen and oxygen atoms in total. The summed E-state index contributed by atoms with van der Waals surface area (Å²) in [5, 5.41) is 0. The maximum Gasteiger partial charge on any atom is 0.454 e. The third-order valence-corrected chi connectivity index (χ3v) is 2.48. The lowest BCUT2D eigenvalue weighted by Crippen LogP contribution is -2.43.